The summed E-state index contributed by atoms with van der Waals surface area (Å²) in [5.41, 5.74) is -0.206. The van der Waals surface area contributed by atoms with Crippen LogP contribution >= 0.6 is 15.9 Å². The van der Waals surface area contributed by atoms with Gasteiger partial charge >= 0.3 is 0 Å². The number of halogens is 1. The summed E-state index contributed by atoms with van der Waals surface area (Å²) in [6, 6.07) is 3.63. The standard InChI is InChI=1S/C10H10BrNO5/c11-4-9(14)10(15)6-1-2-8(12(16)17)7(3-6)5-13/h1-3,5,9-10,14-15H,4H2. The van der Waals surface area contributed by atoms with E-state index in [9.17, 15) is 25.1 Å². The molecule has 6 nitrogen and oxygen atoms in total. The van der Waals surface area contributed by atoms with Crippen LogP contribution in [0.15, 0.2) is 18.2 Å². The first-order valence-corrected chi connectivity index (χ1v) is 5.79. The van der Waals surface area contributed by atoms with Gasteiger partial charge in [0.2, 0.25) is 0 Å². The number of carbonyl (C=O) groups is 1. The van der Waals surface area contributed by atoms with E-state index in [0.717, 1.165) is 6.07 Å². The summed E-state index contributed by atoms with van der Waals surface area (Å²) in [6.45, 7) is 0. The summed E-state index contributed by atoms with van der Waals surface area (Å²) in [4.78, 5) is 20.6. The highest BCUT2D eigenvalue weighted by molar-refractivity contribution is 9.09. The number of carbonyl (C=O) groups excluding carboxylic acids is 1. The van der Waals surface area contributed by atoms with Crippen molar-refractivity contribution in [3.05, 3.63) is 39.4 Å². The highest BCUT2D eigenvalue weighted by Crippen LogP contribution is 2.24. The van der Waals surface area contributed by atoms with Gasteiger partial charge in [0.25, 0.3) is 5.69 Å². The molecule has 0 radical (unpaired) electrons. The van der Waals surface area contributed by atoms with Crippen LogP contribution < -0.4 is 0 Å². The lowest BCUT2D eigenvalue weighted by atomic mass is 10.0. The molecule has 0 amide bonds. The van der Waals surface area contributed by atoms with E-state index in [4.69, 9.17) is 0 Å². The van der Waals surface area contributed by atoms with E-state index in [1.807, 2.05) is 0 Å². The van der Waals surface area contributed by atoms with Crippen molar-refractivity contribution in [2.24, 2.45) is 0 Å². The van der Waals surface area contributed by atoms with Crippen molar-refractivity contribution in [1.29, 1.82) is 0 Å². The zero-order valence-corrected chi connectivity index (χ0v) is 10.2. The molecule has 1 aromatic rings. The molecule has 2 unspecified atom stereocenters. The molecule has 2 N–H and O–H groups in total. The van der Waals surface area contributed by atoms with Gasteiger partial charge in [0.05, 0.1) is 16.6 Å². The molecule has 7 heteroatoms. The summed E-state index contributed by atoms with van der Waals surface area (Å²) in [7, 11) is 0. The van der Waals surface area contributed by atoms with Crippen molar-refractivity contribution in [1.82, 2.24) is 0 Å². The van der Waals surface area contributed by atoms with Gasteiger partial charge in [-0.05, 0) is 17.7 Å². The van der Waals surface area contributed by atoms with Crippen LogP contribution in [0.25, 0.3) is 0 Å². The van der Waals surface area contributed by atoms with Gasteiger partial charge in [0.15, 0.2) is 6.29 Å². The Labute approximate surface area is 105 Å². The number of hydrogen-bond donors (Lipinski definition) is 2. The number of nitro benzene ring substituents is 1. The second-order valence-corrected chi connectivity index (χ2v) is 4.01. The lowest BCUT2D eigenvalue weighted by Crippen LogP contribution is -2.19. The maximum Gasteiger partial charge on any atom is 0.279 e. The Hall–Kier alpha value is -1.31. The fourth-order valence-corrected chi connectivity index (χ4v) is 1.68. The normalized spacial score (nSPS) is 14.1. The third-order valence-electron chi connectivity index (χ3n) is 2.24. The smallest absolute Gasteiger partial charge is 0.279 e. The third-order valence-corrected chi connectivity index (χ3v) is 2.90. The van der Waals surface area contributed by atoms with Crippen molar-refractivity contribution < 1.29 is 19.9 Å². The van der Waals surface area contributed by atoms with Crippen LogP contribution in [0.3, 0.4) is 0 Å². The van der Waals surface area contributed by atoms with Crippen LogP contribution in [0, 0.1) is 10.1 Å². The third kappa shape index (κ3) is 3.09. The van der Waals surface area contributed by atoms with E-state index in [2.05, 4.69) is 15.9 Å². The number of alkyl halides is 1. The minimum atomic E-state index is -1.20. The summed E-state index contributed by atoms with van der Waals surface area (Å²) >= 11 is 3.00. The number of hydrogen-bond acceptors (Lipinski definition) is 5. The van der Waals surface area contributed by atoms with Gasteiger partial charge in [-0.1, -0.05) is 15.9 Å². The number of aliphatic hydroxyl groups is 2. The fraction of sp³-hybridized carbons (Fsp3) is 0.300. The maximum absolute atomic E-state index is 10.7. The van der Waals surface area contributed by atoms with Gasteiger partial charge in [-0.2, -0.15) is 0 Å². The molecule has 0 saturated heterocycles. The molecule has 0 aliphatic carbocycles. The Morgan fingerprint density at radius 1 is 1.47 bits per heavy atom. The minimum Gasteiger partial charge on any atom is -0.389 e. The highest BCUT2D eigenvalue weighted by Gasteiger charge is 2.20. The molecule has 0 aliphatic heterocycles. The van der Waals surface area contributed by atoms with Crippen LogP contribution in [0.2, 0.25) is 0 Å². The largest absolute Gasteiger partial charge is 0.389 e. The molecule has 1 rings (SSSR count). The minimum absolute atomic E-state index is 0.131. The number of nitrogens with zero attached hydrogens (tertiary/aromatic N) is 1. The molecule has 0 aromatic heterocycles. The van der Waals surface area contributed by atoms with Crippen molar-refractivity contribution >= 4 is 27.9 Å². The Kier molecular flexibility index (Phi) is 4.73. The first-order valence-electron chi connectivity index (χ1n) is 4.67. The Bertz CT molecular complexity index is 437. The van der Waals surface area contributed by atoms with E-state index in [1.54, 1.807) is 0 Å². The molecule has 0 aliphatic rings. The molecular weight excluding hydrogens is 294 g/mol. The molecule has 0 fully saturated rings. The first-order chi connectivity index (χ1) is 8.01. The average molecular weight is 304 g/mol. The number of rotatable bonds is 5. The Balaban J connectivity index is 3.13. The summed E-state index contributed by atoms with van der Waals surface area (Å²) in [5, 5.41) is 29.8. The van der Waals surface area contributed by atoms with Crippen molar-refractivity contribution in [2.45, 2.75) is 12.2 Å². The average Bonchev–Trinajstić information content (AvgIpc) is 2.35. The topological polar surface area (TPSA) is 101 Å². The van der Waals surface area contributed by atoms with Crippen molar-refractivity contribution in [2.75, 3.05) is 5.33 Å². The molecule has 0 spiro atoms. The molecule has 92 valence electrons. The molecule has 2 atom stereocenters. The van der Waals surface area contributed by atoms with Gasteiger partial charge in [-0.3, -0.25) is 14.9 Å². The van der Waals surface area contributed by atoms with Gasteiger partial charge in [0.1, 0.15) is 6.10 Å². The number of nitro groups is 1. The summed E-state index contributed by atoms with van der Waals surface area (Å²) < 4.78 is 0. The number of aliphatic hydroxyl groups excluding tert-OH is 2. The van der Waals surface area contributed by atoms with Crippen molar-refractivity contribution in [3.8, 4) is 0 Å². The second kappa shape index (κ2) is 5.85. The predicted octanol–water partition coefficient (Wildman–Crippen LogP) is 1.20. The van der Waals surface area contributed by atoms with Crippen LogP contribution in [0.5, 0.6) is 0 Å². The monoisotopic (exact) mass is 303 g/mol. The molecule has 0 heterocycles. The lowest BCUT2D eigenvalue weighted by molar-refractivity contribution is -0.385. The highest BCUT2D eigenvalue weighted by atomic mass is 79.9. The summed E-state index contributed by atoms with van der Waals surface area (Å²) in [5.74, 6) is 0. The Morgan fingerprint density at radius 3 is 2.59 bits per heavy atom. The van der Waals surface area contributed by atoms with Gasteiger partial charge < -0.3 is 10.2 Å². The fourth-order valence-electron chi connectivity index (χ4n) is 1.32. The zero-order valence-electron chi connectivity index (χ0n) is 8.62. The van der Waals surface area contributed by atoms with Crippen LogP contribution in [-0.2, 0) is 0 Å². The number of aldehydes is 1. The van der Waals surface area contributed by atoms with Gasteiger partial charge in [-0.25, -0.2) is 0 Å². The van der Waals surface area contributed by atoms with Crippen molar-refractivity contribution in [3.63, 3.8) is 0 Å². The van der Waals surface area contributed by atoms with E-state index in [0.29, 0.717) is 6.29 Å². The first kappa shape index (κ1) is 13.8. The van der Waals surface area contributed by atoms with Gasteiger partial charge in [0, 0.05) is 11.4 Å². The van der Waals surface area contributed by atoms with Crippen LogP contribution in [0.4, 0.5) is 5.69 Å². The van der Waals surface area contributed by atoms with E-state index >= 15 is 0 Å². The van der Waals surface area contributed by atoms with E-state index in [-0.39, 0.29) is 22.1 Å². The molecular formula is C10H10BrNO5. The quantitative estimate of drug-likeness (QED) is 0.368. The zero-order chi connectivity index (χ0) is 13.0. The summed E-state index contributed by atoms with van der Waals surface area (Å²) in [6.07, 6.45) is -1.90. The molecule has 1 aromatic carbocycles. The SMILES string of the molecule is O=Cc1cc(C(O)C(O)CBr)ccc1[N+](=O)[O-]. The van der Waals surface area contributed by atoms with Gasteiger partial charge in [-0.15, -0.1) is 0 Å². The predicted molar refractivity (Wildman–Crippen MR) is 63.2 cm³/mol. The Morgan fingerprint density at radius 2 is 2.12 bits per heavy atom. The van der Waals surface area contributed by atoms with Crippen LogP contribution in [-0.4, -0.2) is 32.9 Å². The van der Waals surface area contributed by atoms with E-state index < -0.39 is 17.1 Å². The maximum atomic E-state index is 10.7. The van der Waals surface area contributed by atoms with E-state index in [1.165, 1.54) is 12.1 Å². The molecule has 17 heavy (non-hydrogen) atoms. The molecule has 0 saturated carbocycles. The lowest BCUT2D eigenvalue weighted by Gasteiger charge is -2.15. The molecule has 0 bridgehead atoms. The van der Waals surface area contributed by atoms with Crippen LogP contribution in [0.1, 0.15) is 22.0 Å². The second-order valence-electron chi connectivity index (χ2n) is 3.36. The number of benzene rings is 1.